The van der Waals surface area contributed by atoms with Crippen LogP contribution < -0.4 is 11.0 Å². The molecule has 0 saturated carbocycles. The van der Waals surface area contributed by atoms with Crippen molar-refractivity contribution in [3.63, 3.8) is 0 Å². The monoisotopic (exact) mass is 318 g/mol. The van der Waals surface area contributed by atoms with Crippen LogP contribution >= 0.6 is 0 Å². The minimum absolute atomic E-state index is 0.563. The number of rotatable bonds is 4. The molecule has 0 spiro atoms. The van der Waals surface area contributed by atoms with Crippen LogP contribution in [0.3, 0.4) is 0 Å². The van der Waals surface area contributed by atoms with E-state index < -0.39 is 0 Å². The van der Waals surface area contributed by atoms with Gasteiger partial charge in [0.05, 0.1) is 13.2 Å². The van der Waals surface area contributed by atoms with Crippen molar-refractivity contribution in [2.24, 2.45) is 4.99 Å². The molecule has 0 radical (unpaired) electrons. The first-order valence-electron chi connectivity index (χ1n) is 7.53. The standard InChI is InChI=1S/C10H18N4O2.C7H8/c1-9(14-5-7-16-8-6-14)3-4-11-10(2)12-13-15;1-7-5-3-2-4-6-7/h3-4,13,15H,1,5-8H2,2H3,(H,11,12);2-6H,1H3/b4-3-;. The molecule has 6 heteroatoms. The summed E-state index contributed by atoms with van der Waals surface area (Å²) in [5, 5.41) is 8.34. The van der Waals surface area contributed by atoms with Gasteiger partial charge in [0.1, 0.15) is 5.84 Å². The molecule has 0 amide bonds. The predicted molar refractivity (Wildman–Crippen MR) is 93.0 cm³/mol. The maximum atomic E-state index is 8.34. The second-order valence-corrected chi connectivity index (χ2v) is 5.01. The van der Waals surface area contributed by atoms with Crippen molar-refractivity contribution in [2.45, 2.75) is 13.8 Å². The van der Waals surface area contributed by atoms with Crippen molar-refractivity contribution in [1.29, 1.82) is 0 Å². The first kappa shape index (κ1) is 18.9. The fourth-order valence-corrected chi connectivity index (χ4v) is 1.84. The van der Waals surface area contributed by atoms with Crippen molar-refractivity contribution in [2.75, 3.05) is 26.3 Å². The van der Waals surface area contributed by atoms with E-state index in [4.69, 9.17) is 9.94 Å². The van der Waals surface area contributed by atoms with Crippen molar-refractivity contribution < 1.29 is 9.94 Å². The maximum absolute atomic E-state index is 8.34. The summed E-state index contributed by atoms with van der Waals surface area (Å²) < 4.78 is 5.24. The highest BCUT2D eigenvalue weighted by Crippen LogP contribution is 2.06. The average Bonchev–Trinajstić information content (AvgIpc) is 2.57. The number of ether oxygens (including phenoxy) is 1. The normalized spacial score (nSPS) is 15.1. The Hall–Kier alpha value is -2.15. The van der Waals surface area contributed by atoms with E-state index in [0.29, 0.717) is 5.84 Å². The second-order valence-electron chi connectivity index (χ2n) is 5.01. The number of nitrogens with zero attached hydrogens (tertiary/aromatic N) is 2. The summed E-state index contributed by atoms with van der Waals surface area (Å²) in [7, 11) is 0. The Bertz CT molecular complexity index is 509. The molecule has 1 aliphatic rings. The predicted octanol–water partition coefficient (Wildman–Crippen LogP) is 2.24. The quantitative estimate of drug-likeness (QED) is 0.344. The van der Waals surface area contributed by atoms with Gasteiger partial charge in [0.2, 0.25) is 0 Å². The van der Waals surface area contributed by atoms with Crippen molar-refractivity contribution in [3.8, 4) is 0 Å². The molecule has 0 unspecified atom stereocenters. The van der Waals surface area contributed by atoms with Crippen LogP contribution in [0.15, 0.2) is 59.9 Å². The van der Waals surface area contributed by atoms with Gasteiger partial charge in [-0.15, -0.1) is 5.59 Å². The molecular weight excluding hydrogens is 292 g/mol. The van der Waals surface area contributed by atoms with Crippen LogP contribution in [0.4, 0.5) is 0 Å². The molecule has 1 saturated heterocycles. The molecule has 23 heavy (non-hydrogen) atoms. The first-order chi connectivity index (χ1) is 11.1. The van der Waals surface area contributed by atoms with Gasteiger partial charge in [-0.05, 0) is 19.9 Å². The van der Waals surface area contributed by atoms with Crippen LogP contribution in [0.1, 0.15) is 12.5 Å². The number of aliphatic imine (C=N–C) groups is 1. The summed E-state index contributed by atoms with van der Waals surface area (Å²) in [4.78, 5) is 6.17. The van der Waals surface area contributed by atoms with Crippen LogP contribution in [0.5, 0.6) is 0 Å². The Morgan fingerprint density at radius 2 is 1.96 bits per heavy atom. The van der Waals surface area contributed by atoms with E-state index in [9.17, 15) is 0 Å². The molecule has 0 bridgehead atoms. The first-order valence-corrected chi connectivity index (χ1v) is 7.53. The maximum Gasteiger partial charge on any atom is 0.114 e. The van der Waals surface area contributed by atoms with Crippen LogP contribution in [0.25, 0.3) is 0 Å². The van der Waals surface area contributed by atoms with E-state index in [2.05, 4.69) is 41.0 Å². The third-order valence-corrected chi connectivity index (χ3v) is 3.13. The largest absolute Gasteiger partial charge is 0.378 e. The number of hydrogen-bond acceptors (Lipinski definition) is 5. The van der Waals surface area contributed by atoms with Crippen LogP contribution in [0, 0.1) is 6.92 Å². The van der Waals surface area contributed by atoms with Gasteiger partial charge in [0.25, 0.3) is 0 Å². The van der Waals surface area contributed by atoms with Crippen LogP contribution in [0.2, 0.25) is 0 Å². The third-order valence-electron chi connectivity index (χ3n) is 3.13. The number of nitrogens with one attached hydrogen (secondary N) is 2. The van der Waals surface area contributed by atoms with Gasteiger partial charge < -0.3 is 9.64 Å². The molecule has 6 nitrogen and oxygen atoms in total. The van der Waals surface area contributed by atoms with E-state index in [0.717, 1.165) is 32.0 Å². The molecule has 1 aromatic carbocycles. The Labute approximate surface area is 138 Å². The van der Waals surface area contributed by atoms with E-state index in [-0.39, 0.29) is 0 Å². The van der Waals surface area contributed by atoms with Gasteiger partial charge in [0.15, 0.2) is 0 Å². The molecule has 0 atom stereocenters. The number of morpholine rings is 1. The molecule has 1 heterocycles. The molecular formula is C17H26N4O2. The minimum Gasteiger partial charge on any atom is -0.378 e. The van der Waals surface area contributed by atoms with Gasteiger partial charge in [-0.3, -0.25) is 10.6 Å². The molecule has 1 aromatic rings. The van der Waals surface area contributed by atoms with Crippen LogP contribution in [-0.2, 0) is 4.74 Å². The average molecular weight is 318 g/mol. The molecule has 2 rings (SSSR count). The number of allylic oxidation sites excluding steroid dienone is 1. The van der Waals surface area contributed by atoms with Gasteiger partial charge in [0, 0.05) is 25.0 Å². The lowest BCUT2D eigenvalue weighted by Crippen LogP contribution is -2.34. The van der Waals surface area contributed by atoms with Gasteiger partial charge >= 0.3 is 0 Å². The summed E-state index contributed by atoms with van der Waals surface area (Å²) in [5.74, 6) is 0.563. The lowest BCUT2D eigenvalue weighted by Gasteiger charge is -2.28. The summed E-state index contributed by atoms with van der Waals surface area (Å²) in [6.45, 7) is 11.0. The smallest absolute Gasteiger partial charge is 0.114 e. The van der Waals surface area contributed by atoms with Gasteiger partial charge in [-0.1, -0.05) is 42.5 Å². The van der Waals surface area contributed by atoms with Gasteiger partial charge in [-0.25, -0.2) is 4.99 Å². The summed E-state index contributed by atoms with van der Waals surface area (Å²) >= 11 is 0. The van der Waals surface area contributed by atoms with Crippen molar-refractivity contribution in [3.05, 3.63) is 60.4 Å². The fourth-order valence-electron chi connectivity index (χ4n) is 1.84. The van der Waals surface area contributed by atoms with E-state index in [1.807, 2.05) is 24.3 Å². The highest BCUT2D eigenvalue weighted by atomic mass is 16.5. The zero-order chi connectivity index (χ0) is 16.9. The Morgan fingerprint density at radius 1 is 1.30 bits per heavy atom. The number of aryl methyl sites for hydroxylation is 1. The number of amidine groups is 1. The third kappa shape index (κ3) is 8.77. The van der Waals surface area contributed by atoms with Crippen molar-refractivity contribution in [1.82, 2.24) is 15.9 Å². The Morgan fingerprint density at radius 3 is 2.48 bits per heavy atom. The van der Waals surface area contributed by atoms with E-state index >= 15 is 0 Å². The highest BCUT2D eigenvalue weighted by molar-refractivity contribution is 5.79. The fraction of sp³-hybridized carbons (Fsp3) is 0.353. The SMILES string of the molecule is C=C(/C=C\N=C(C)NNO)N1CCOCC1.Cc1ccccc1. The van der Waals surface area contributed by atoms with E-state index in [1.54, 1.807) is 18.7 Å². The van der Waals surface area contributed by atoms with Gasteiger partial charge in [-0.2, -0.15) is 0 Å². The molecule has 126 valence electrons. The highest BCUT2D eigenvalue weighted by Gasteiger charge is 2.09. The Kier molecular flexibility index (Phi) is 9.38. The second kappa shape index (κ2) is 11.4. The topological polar surface area (TPSA) is 69.1 Å². The zero-order valence-corrected chi connectivity index (χ0v) is 13.8. The molecule has 3 N–H and O–H groups in total. The summed E-state index contributed by atoms with van der Waals surface area (Å²) in [6.07, 6.45) is 3.46. The molecule has 1 aliphatic heterocycles. The van der Waals surface area contributed by atoms with Crippen molar-refractivity contribution >= 4 is 5.84 Å². The summed E-state index contributed by atoms with van der Waals surface area (Å²) in [5.41, 5.74) is 6.48. The molecule has 0 aromatic heterocycles. The summed E-state index contributed by atoms with van der Waals surface area (Å²) in [6, 6.07) is 10.3. The number of benzene rings is 1. The number of hydrazine groups is 1. The number of hydrogen-bond donors (Lipinski definition) is 3. The molecule has 0 aliphatic carbocycles. The zero-order valence-electron chi connectivity index (χ0n) is 13.8. The van der Waals surface area contributed by atoms with Crippen LogP contribution in [-0.4, -0.2) is 42.2 Å². The Balaban J connectivity index is 0.000000313. The van der Waals surface area contributed by atoms with E-state index in [1.165, 1.54) is 5.56 Å². The minimum atomic E-state index is 0.563. The lowest BCUT2D eigenvalue weighted by molar-refractivity contribution is 0.0556. The molecule has 1 fully saturated rings. The lowest BCUT2D eigenvalue weighted by atomic mass is 10.2.